The van der Waals surface area contributed by atoms with Gasteiger partial charge in [0.15, 0.2) is 11.5 Å². The van der Waals surface area contributed by atoms with E-state index < -0.39 is 6.04 Å². The highest BCUT2D eigenvalue weighted by Gasteiger charge is 2.30. The second-order valence-corrected chi connectivity index (χ2v) is 6.83. The SMILES string of the molecule is COc1ccc(CNC(=O)C(C)N2C(=O)CCCc3ccccc32)cc1OC. The molecule has 0 saturated carbocycles. The van der Waals surface area contributed by atoms with Crippen LogP contribution in [0.3, 0.4) is 0 Å². The van der Waals surface area contributed by atoms with Crippen molar-refractivity contribution in [3.63, 3.8) is 0 Å². The molecule has 0 fully saturated rings. The van der Waals surface area contributed by atoms with Crippen LogP contribution in [0.5, 0.6) is 11.5 Å². The minimum Gasteiger partial charge on any atom is -0.493 e. The summed E-state index contributed by atoms with van der Waals surface area (Å²) in [7, 11) is 3.15. The molecule has 6 heteroatoms. The summed E-state index contributed by atoms with van der Waals surface area (Å²) in [6.45, 7) is 2.11. The first-order chi connectivity index (χ1) is 13.5. The molecule has 1 atom stereocenters. The molecular formula is C22H26N2O4. The van der Waals surface area contributed by atoms with Crippen molar-refractivity contribution >= 4 is 17.5 Å². The summed E-state index contributed by atoms with van der Waals surface area (Å²) >= 11 is 0. The number of hydrogen-bond acceptors (Lipinski definition) is 4. The van der Waals surface area contributed by atoms with Crippen LogP contribution in [0, 0.1) is 0 Å². The van der Waals surface area contributed by atoms with Crippen LogP contribution in [0.2, 0.25) is 0 Å². The van der Waals surface area contributed by atoms with Crippen LogP contribution in [-0.4, -0.2) is 32.1 Å². The molecule has 2 amide bonds. The molecule has 0 aliphatic carbocycles. The first-order valence-electron chi connectivity index (χ1n) is 9.43. The molecule has 1 aliphatic rings. The van der Waals surface area contributed by atoms with Crippen molar-refractivity contribution in [3.05, 3.63) is 53.6 Å². The summed E-state index contributed by atoms with van der Waals surface area (Å²) in [5, 5.41) is 2.93. The van der Waals surface area contributed by atoms with E-state index in [1.807, 2.05) is 36.4 Å². The Morgan fingerprint density at radius 1 is 1.11 bits per heavy atom. The summed E-state index contributed by atoms with van der Waals surface area (Å²) in [5.74, 6) is 1.04. The quantitative estimate of drug-likeness (QED) is 0.834. The highest BCUT2D eigenvalue weighted by molar-refractivity contribution is 6.01. The van der Waals surface area contributed by atoms with Gasteiger partial charge in [0.1, 0.15) is 6.04 Å². The zero-order chi connectivity index (χ0) is 20.1. The van der Waals surface area contributed by atoms with Gasteiger partial charge in [-0.1, -0.05) is 24.3 Å². The van der Waals surface area contributed by atoms with Crippen molar-refractivity contribution in [3.8, 4) is 11.5 Å². The summed E-state index contributed by atoms with van der Waals surface area (Å²) in [4.78, 5) is 27.1. The maximum atomic E-state index is 12.8. The molecular weight excluding hydrogens is 356 g/mol. The molecule has 148 valence electrons. The van der Waals surface area contributed by atoms with Crippen molar-refractivity contribution in [1.29, 1.82) is 0 Å². The summed E-state index contributed by atoms with van der Waals surface area (Å²) in [6, 6.07) is 12.7. The lowest BCUT2D eigenvalue weighted by molar-refractivity contribution is -0.126. The predicted molar refractivity (Wildman–Crippen MR) is 108 cm³/mol. The Kier molecular flexibility index (Phi) is 6.19. The number of para-hydroxylation sites is 1. The van der Waals surface area contributed by atoms with Gasteiger partial charge in [-0.05, 0) is 49.1 Å². The number of hydrogen-bond donors (Lipinski definition) is 1. The molecule has 0 aromatic heterocycles. The molecule has 2 aromatic rings. The van der Waals surface area contributed by atoms with Crippen molar-refractivity contribution in [1.82, 2.24) is 5.32 Å². The molecule has 1 aliphatic heterocycles. The van der Waals surface area contributed by atoms with Gasteiger partial charge >= 0.3 is 0 Å². The van der Waals surface area contributed by atoms with E-state index in [2.05, 4.69) is 5.32 Å². The lowest BCUT2D eigenvalue weighted by Gasteiger charge is -2.28. The number of fused-ring (bicyclic) bond motifs is 1. The van der Waals surface area contributed by atoms with Crippen LogP contribution in [0.1, 0.15) is 30.9 Å². The van der Waals surface area contributed by atoms with Gasteiger partial charge in [-0.15, -0.1) is 0 Å². The van der Waals surface area contributed by atoms with E-state index in [1.54, 1.807) is 32.1 Å². The van der Waals surface area contributed by atoms with Gasteiger partial charge in [0.25, 0.3) is 0 Å². The van der Waals surface area contributed by atoms with Crippen LogP contribution in [0.15, 0.2) is 42.5 Å². The third-order valence-electron chi connectivity index (χ3n) is 5.04. The highest BCUT2D eigenvalue weighted by Crippen LogP contribution is 2.29. The number of aryl methyl sites for hydroxylation is 1. The monoisotopic (exact) mass is 382 g/mol. The lowest BCUT2D eigenvalue weighted by Crippen LogP contribution is -2.48. The topological polar surface area (TPSA) is 67.9 Å². The zero-order valence-corrected chi connectivity index (χ0v) is 16.5. The van der Waals surface area contributed by atoms with Crippen LogP contribution in [-0.2, 0) is 22.6 Å². The minimum atomic E-state index is -0.591. The standard InChI is InChI=1S/C22H26N2O4/c1-15(24-18-9-5-4-7-17(18)8-6-10-21(24)25)22(26)23-14-16-11-12-19(27-2)20(13-16)28-3/h4-5,7,9,11-13,15H,6,8,10,14H2,1-3H3,(H,23,26). The minimum absolute atomic E-state index is 0.0151. The largest absolute Gasteiger partial charge is 0.493 e. The Bertz CT molecular complexity index is 865. The van der Waals surface area contributed by atoms with Gasteiger partial charge in [0.05, 0.1) is 14.2 Å². The zero-order valence-electron chi connectivity index (χ0n) is 16.5. The van der Waals surface area contributed by atoms with E-state index in [0.29, 0.717) is 24.5 Å². The Balaban J connectivity index is 1.73. The van der Waals surface area contributed by atoms with E-state index >= 15 is 0 Å². The number of nitrogens with zero attached hydrogens (tertiary/aromatic N) is 1. The van der Waals surface area contributed by atoms with Gasteiger partial charge in [-0.3, -0.25) is 14.5 Å². The number of methoxy groups -OCH3 is 2. The van der Waals surface area contributed by atoms with Crippen LogP contribution >= 0.6 is 0 Å². The molecule has 28 heavy (non-hydrogen) atoms. The lowest BCUT2D eigenvalue weighted by atomic mass is 10.1. The fourth-order valence-electron chi connectivity index (χ4n) is 3.51. The van der Waals surface area contributed by atoms with E-state index in [9.17, 15) is 9.59 Å². The first kappa shape index (κ1) is 19.7. The third-order valence-corrected chi connectivity index (χ3v) is 5.04. The second-order valence-electron chi connectivity index (χ2n) is 6.83. The Morgan fingerprint density at radius 2 is 1.86 bits per heavy atom. The average Bonchev–Trinajstić information content (AvgIpc) is 2.89. The van der Waals surface area contributed by atoms with E-state index in [1.165, 1.54) is 0 Å². The average molecular weight is 382 g/mol. The summed E-state index contributed by atoms with van der Waals surface area (Å²) in [5.41, 5.74) is 2.83. The Morgan fingerprint density at radius 3 is 2.61 bits per heavy atom. The van der Waals surface area contributed by atoms with Gasteiger partial charge < -0.3 is 14.8 Å². The number of benzene rings is 2. The van der Waals surface area contributed by atoms with Gasteiger partial charge in [0.2, 0.25) is 11.8 Å². The van der Waals surface area contributed by atoms with Crippen molar-refractivity contribution in [2.75, 3.05) is 19.1 Å². The molecule has 3 rings (SSSR count). The fourth-order valence-corrected chi connectivity index (χ4v) is 3.51. The molecule has 2 aromatic carbocycles. The molecule has 0 spiro atoms. The first-order valence-corrected chi connectivity index (χ1v) is 9.43. The maximum absolute atomic E-state index is 12.8. The van der Waals surface area contributed by atoms with Gasteiger partial charge in [-0.25, -0.2) is 0 Å². The number of carbonyl (C=O) groups excluding carboxylic acids is 2. The number of anilines is 1. The number of amides is 2. The summed E-state index contributed by atoms with van der Waals surface area (Å²) in [6.07, 6.45) is 2.09. The number of carbonyl (C=O) groups is 2. The van der Waals surface area contributed by atoms with Crippen molar-refractivity contribution in [2.45, 2.75) is 38.8 Å². The predicted octanol–water partition coefficient (Wildman–Crippen LogP) is 3.08. The van der Waals surface area contributed by atoms with Gasteiger partial charge in [-0.2, -0.15) is 0 Å². The van der Waals surface area contributed by atoms with E-state index in [4.69, 9.17) is 9.47 Å². The molecule has 0 saturated heterocycles. The van der Waals surface area contributed by atoms with E-state index in [-0.39, 0.29) is 11.8 Å². The molecule has 1 heterocycles. The molecule has 1 N–H and O–H groups in total. The Labute approximate surface area is 165 Å². The van der Waals surface area contributed by atoms with Gasteiger partial charge in [0, 0.05) is 18.7 Å². The smallest absolute Gasteiger partial charge is 0.243 e. The van der Waals surface area contributed by atoms with Crippen molar-refractivity contribution < 1.29 is 19.1 Å². The number of ether oxygens (including phenoxy) is 2. The highest BCUT2D eigenvalue weighted by atomic mass is 16.5. The number of rotatable bonds is 6. The molecule has 0 bridgehead atoms. The third kappa shape index (κ3) is 4.11. The normalized spacial score (nSPS) is 14.7. The van der Waals surface area contributed by atoms with Crippen LogP contribution in [0.25, 0.3) is 0 Å². The van der Waals surface area contributed by atoms with Crippen molar-refractivity contribution in [2.24, 2.45) is 0 Å². The van der Waals surface area contributed by atoms with Crippen LogP contribution < -0.4 is 19.7 Å². The molecule has 0 radical (unpaired) electrons. The maximum Gasteiger partial charge on any atom is 0.243 e. The second kappa shape index (κ2) is 8.78. The number of nitrogens with one attached hydrogen (secondary N) is 1. The van der Waals surface area contributed by atoms with E-state index in [0.717, 1.165) is 29.7 Å². The molecule has 1 unspecified atom stereocenters. The summed E-state index contributed by atoms with van der Waals surface area (Å²) < 4.78 is 10.5. The Hall–Kier alpha value is -3.02. The van der Waals surface area contributed by atoms with Crippen LogP contribution in [0.4, 0.5) is 5.69 Å². The fraction of sp³-hybridized carbons (Fsp3) is 0.364. The molecule has 6 nitrogen and oxygen atoms in total.